The van der Waals surface area contributed by atoms with Crippen LogP contribution in [0.1, 0.15) is 10.4 Å². The lowest BCUT2D eigenvalue weighted by atomic mass is 10.1. The predicted octanol–water partition coefficient (Wildman–Crippen LogP) is 3.14. The first-order chi connectivity index (χ1) is 10.6. The van der Waals surface area contributed by atoms with Crippen molar-refractivity contribution >= 4 is 27.8 Å². The Kier molecular flexibility index (Phi) is 3.41. The van der Waals surface area contributed by atoms with Gasteiger partial charge in [-0.15, -0.1) is 0 Å². The Morgan fingerprint density at radius 2 is 1.68 bits per heavy atom. The number of carbonyl (C=O) groups is 1. The number of carbonyl (C=O) groups excluding carboxylic acids is 1. The highest BCUT2D eigenvalue weighted by atomic mass is 16.5. The van der Waals surface area contributed by atoms with Crippen molar-refractivity contribution in [1.29, 1.82) is 0 Å². The smallest absolute Gasteiger partial charge is 0.341 e. The molecule has 114 valence electrons. The maximum Gasteiger partial charge on any atom is 0.341 e. The number of rotatable bonds is 3. The van der Waals surface area contributed by atoms with Crippen molar-refractivity contribution in [1.82, 2.24) is 4.57 Å². The van der Waals surface area contributed by atoms with Gasteiger partial charge in [-0.3, -0.25) is 0 Å². The van der Waals surface area contributed by atoms with E-state index >= 15 is 0 Å². The van der Waals surface area contributed by atoms with Crippen LogP contribution < -0.4 is 9.47 Å². The van der Waals surface area contributed by atoms with Crippen molar-refractivity contribution in [2.24, 2.45) is 7.05 Å². The zero-order valence-electron chi connectivity index (χ0n) is 13.0. The highest BCUT2D eigenvalue weighted by Gasteiger charge is 2.18. The van der Waals surface area contributed by atoms with Crippen LogP contribution in [0.2, 0.25) is 0 Å². The molecule has 0 atom stereocenters. The molecule has 1 heterocycles. The van der Waals surface area contributed by atoms with E-state index in [1.54, 1.807) is 14.2 Å². The molecular weight excluding hydrogens is 282 g/mol. The molecule has 0 saturated heterocycles. The maximum atomic E-state index is 12.0. The average Bonchev–Trinajstić information content (AvgIpc) is 2.84. The second kappa shape index (κ2) is 5.26. The van der Waals surface area contributed by atoms with E-state index in [2.05, 4.69) is 4.57 Å². The molecule has 0 fully saturated rings. The minimum absolute atomic E-state index is 0.413. The number of methoxy groups -OCH3 is 3. The topological polar surface area (TPSA) is 49.7 Å². The summed E-state index contributed by atoms with van der Waals surface area (Å²) in [7, 11) is 6.52. The van der Waals surface area contributed by atoms with E-state index in [1.165, 1.54) is 7.11 Å². The van der Waals surface area contributed by atoms with Gasteiger partial charge in [0.15, 0.2) is 0 Å². The molecule has 0 bridgehead atoms. The monoisotopic (exact) mass is 299 g/mol. The van der Waals surface area contributed by atoms with E-state index in [9.17, 15) is 4.79 Å². The van der Waals surface area contributed by atoms with Gasteiger partial charge >= 0.3 is 5.97 Å². The molecule has 0 saturated carbocycles. The first-order valence-electron chi connectivity index (χ1n) is 6.83. The Morgan fingerprint density at radius 3 is 2.32 bits per heavy atom. The van der Waals surface area contributed by atoms with Gasteiger partial charge in [-0.05, 0) is 18.2 Å². The second-order valence-corrected chi connectivity index (χ2v) is 5.00. The van der Waals surface area contributed by atoms with E-state index in [0.717, 1.165) is 27.6 Å². The number of nitrogens with zero attached hydrogens (tertiary/aromatic N) is 1. The zero-order chi connectivity index (χ0) is 15.9. The third-order valence-corrected chi connectivity index (χ3v) is 3.94. The van der Waals surface area contributed by atoms with Gasteiger partial charge in [0.1, 0.15) is 17.1 Å². The molecule has 1 aromatic heterocycles. The number of fused-ring (bicyclic) bond motifs is 3. The summed E-state index contributed by atoms with van der Waals surface area (Å²) < 4.78 is 17.5. The Hall–Kier alpha value is -2.69. The van der Waals surface area contributed by atoms with Crippen molar-refractivity contribution in [3.8, 4) is 11.5 Å². The van der Waals surface area contributed by atoms with Crippen molar-refractivity contribution < 1.29 is 19.0 Å². The van der Waals surface area contributed by atoms with Gasteiger partial charge in [0.2, 0.25) is 0 Å². The molecule has 0 amide bonds. The third-order valence-electron chi connectivity index (χ3n) is 3.94. The fourth-order valence-corrected chi connectivity index (χ4v) is 2.77. The quantitative estimate of drug-likeness (QED) is 0.697. The Morgan fingerprint density at radius 1 is 0.955 bits per heavy atom. The van der Waals surface area contributed by atoms with E-state index in [4.69, 9.17) is 14.2 Å². The van der Waals surface area contributed by atoms with Gasteiger partial charge in [-0.25, -0.2) is 4.79 Å². The van der Waals surface area contributed by atoms with Gasteiger partial charge in [-0.1, -0.05) is 0 Å². The van der Waals surface area contributed by atoms with Crippen molar-refractivity contribution in [3.05, 3.63) is 35.9 Å². The number of ether oxygens (including phenoxy) is 3. The van der Waals surface area contributed by atoms with Crippen molar-refractivity contribution in [2.45, 2.75) is 0 Å². The molecule has 0 aliphatic rings. The van der Waals surface area contributed by atoms with E-state index in [-0.39, 0.29) is 0 Å². The SMILES string of the molecule is COC(=O)c1cc2c3ccc(OC)cc3n(C)c2cc1OC. The first-order valence-corrected chi connectivity index (χ1v) is 6.83. The van der Waals surface area contributed by atoms with Gasteiger partial charge < -0.3 is 18.8 Å². The number of hydrogen-bond donors (Lipinski definition) is 0. The molecule has 3 rings (SSSR count). The summed E-state index contributed by atoms with van der Waals surface area (Å²) in [5.74, 6) is 0.875. The summed E-state index contributed by atoms with van der Waals surface area (Å²) in [6.45, 7) is 0. The van der Waals surface area contributed by atoms with Crippen LogP contribution >= 0.6 is 0 Å². The molecule has 0 radical (unpaired) electrons. The predicted molar refractivity (Wildman–Crippen MR) is 84.9 cm³/mol. The largest absolute Gasteiger partial charge is 0.497 e. The molecule has 22 heavy (non-hydrogen) atoms. The molecule has 0 spiro atoms. The molecule has 2 aromatic carbocycles. The van der Waals surface area contributed by atoms with Crippen LogP contribution in [0.5, 0.6) is 11.5 Å². The molecule has 5 heteroatoms. The van der Waals surface area contributed by atoms with Gasteiger partial charge in [0, 0.05) is 30.0 Å². The lowest BCUT2D eigenvalue weighted by Gasteiger charge is -2.08. The summed E-state index contributed by atoms with van der Waals surface area (Å²) in [4.78, 5) is 12.0. The fourth-order valence-electron chi connectivity index (χ4n) is 2.77. The molecule has 0 N–H and O–H groups in total. The summed E-state index contributed by atoms with van der Waals surface area (Å²) in [5, 5.41) is 2.02. The molecule has 0 unspecified atom stereocenters. The lowest BCUT2D eigenvalue weighted by Crippen LogP contribution is -2.04. The van der Waals surface area contributed by atoms with Gasteiger partial charge in [0.05, 0.1) is 32.4 Å². The maximum absolute atomic E-state index is 12.0. The van der Waals surface area contributed by atoms with Gasteiger partial charge in [0.25, 0.3) is 0 Å². The number of aromatic nitrogens is 1. The number of hydrogen-bond acceptors (Lipinski definition) is 4. The molecular formula is C17H17NO4. The normalized spacial score (nSPS) is 10.9. The van der Waals surface area contributed by atoms with Crippen LogP contribution in [0.25, 0.3) is 21.8 Å². The summed E-state index contributed by atoms with van der Waals surface area (Å²) in [6.07, 6.45) is 0. The molecule has 3 aromatic rings. The second-order valence-electron chi connectivity index (χ2n) is 5.00. The van der Waals surface area contributed by atoms with Crippen LogP contribution in [0.4, 0.5) is 0 Å². The van der Waals surface area contributed by atoms with Crippen molar-refractivity contribution in [3.63, 3.8) is 0 Å². The number of benzene rings is 2. The Labute approximate surface area is 128 Å². The molecule has 0 aliphatic carbocycles. The number of esters is 1. The minimum atomic E-state index is -0.413. The van der Waals surface area contributed by atoms with Crippen molar-refractivity contribution in [2.75, 3.05) is 21.3 Å². The highest BCUT2D eigenvalue weighted by Crippen LogP contribution is 2.35. The average molecular weight is 299 g/mol. The lowest BCUT2D eigenvalue weighted by molar-refractivity contribution is 0.0597. The molecule has 0 aliphatic heterocycles. The van der Waals surface area contributed by atoms with Crippen LogP contribution in [-0.2, 0) is 11.8 Å². The highest BCUT2D eigenvalue weighted by molar-refractivity contribution is 6.11. The summed E-state index contributed by atoms with van der Waals surface area (Å²) >= 11 is 0. The van der Waals surface area contributed by atoms with Gasteiger partial charge in [-0.2, -0.15) is 0 Å². The Balaban J connectivity index is 2.39. The number of aryl methyl sites for hydroxylation is 1. The van der Waals surface area contributed by atoms with E-state index < -0.39 is 5.97 Å². The summed E-state index contributed by atoms with van der Waals surface area (Å²) in [5.41, 5.74) is 2.42. The van der Waals surface area contributed by atoms with Crippen LogP contribution in [0.15, 0.2) is 30.3 Å². The Bertz CT molecular complexity index is 879. The van der Waals surface area contributed by atoms with Crippen LogP contribution in [0, 0.1) is 0 Å². The third kappa shape index (κ3) is 1.97. The summed E-state index contributed by atoms with van der Waals surface area (Å²) in [6, 6.07) is 9.54. The fraction of sp³-hybridized carbons (Fsp3) is 0.235. The standard InChI is InChI=1S/C17H17NO4/c1-18-14-7-10(20-2)5-6-11(14)12-8-13(17(19)22-4)16(21-3)9-15(12)18/h5-9H,1-4H3. The van der Waals surface area contributed by atoms with Crippen LogP contribution in [0.3, 0.4) is 0 Å². The minimum Gasteiger partial charge on any atom is -0.497 e. The first kappa shape index (κ1) is 14.3. The van der Waals surface area contributed by atoms with E-state index in [1.807, 2.05) is 37.4 Å². The zero-order valence-corrected chi connectivity index (χ0v) is 13.0. The van der Waals surface area contributed by atoms with E-state index in [0.29, 0.717) is 11.3 Å². The van der Waals surface area contributed by atoms with Crippen LogP contribution in [-0.4, -0.2) is 31.9 Å². The molecule has 5 nitrogen and oxygen atoms in total.